The van der Waals surface area contributed by atoms with Gasteiger partial charge in [-0.3, -0.25) is 0 Å². The Balaban J connectivity index is 5.50. The topological polar surface area (TPSA) is 35.5 Å². The summed E-state index contributed by atoms with van der Waals surface area (Å²) >= 11 is 1.47. The van der Waals surface area contributed by atoms with Gasteiger partial charge < -0.3 is 9.16 Å². The molecule has 5 heteroatoms. The molecular formula is C15H30O3SSi. The fourth-order valence-corrected chi connectivity index (χ4v) is 8.64. The maximum Gasteiger partial charge on any atom is 0.372 e. The highest BCUT2D eigenvalue weighted by molar-refractivity contribution is 8.01. The molecule has 0 amide bonds. The van der Waals surface area contributed by atoms with Crippen LogP contribution in [-0.4, -0.2) is 27.1 Å². The lowest BCUT2D eigenvalue weighted by Gasteiger charge is -2.42. The normalized spacial score (nSPS) is 13.2. The first kappa shape index (κ1) is 19.6. The zero-order valence-corrected chi connectivity index (χ0v) is 16.0. The van der Waals surface area contributed by atoms with E-state index in [-0.39, 0.29) is 5.97 Å². The van der Waals surface area contributed by atoms with Gasteiger partial charge in [-0.2, -0.15) is 0 Å². The lowest BCUT2D eigenvalue weighted by atomic mass is 10.5. The second-order valence-electron chi connectivity index (χ2n) is 5.86. The third-order valence-corrected chi connectivity index (χ3v) is 10.1. The summed E-state index contributed by atoms with van der Waals surface area (Å²) in [5.41, 5.74) is 1.30. The molecule has 0 atom stereocenters. The zero-order chi connectivity index (χ0) is 15.9. The van der Waals surface area contributed by atoms with E-state index in [1.807, 2.05) is 13.2 Å². The predicted molar refractivity (Wildman–Crippen MR) is 90.4 cm³/mol. The highest BCUT2D eigenvalue weighted by Gasteiger charge is 2.48. The van der Waals surface area contributed by atoms with Gasteiger partial charge in [-0.15, -0.1) is 11.8 Å². The molecule has 0 radical (unpaired) electrons. The van der Waals surface area contributed by atoms with Crippen LogP contribution in [0.15, 0.2) is 11.2 Å². The summed E-state index contributed by atoms with van der Waals surface area (Å²) in [4.78, 5) is 12.1. The molecule has 0 spiro atoms. The zero-order valence-electron chi connectivity index (χ0n) is 14.1. The summed E-state index contributed by atoms with van der Waals surface area (Å²) in [6.45, 7) is 15.4. The van der Waals surface area contributed by atoms with Crippen LogP contribution in [0.4, 0.5) is 0 Å². The Kier molecular flexibility index (Phi) is 8.59. The molecule has 0 rings (SSSR count). The number of esters is 1. The monoisotopic (exact) mass is 318 g/mol. The van der Waals surface area contributed by atoms with Gasteiger partial charge in [0.1, 0.15) is 0 Å². The number of carbonyl (C=O) groups excluding carboxylic acids is 1. The van der Waals surface area contributed by atoms with Crippen LogP contribution in [0.2, 0.25) is 16.6 Å². The minimum Gasteiger partial charge on any atom is -0.537 e. The van der Waals surface area contributed by atoms with Gasteiger partial charge in [0.05, 0.1) is 6.61 Å². The van der Waals surface area contributed by atoms with E-state index in [1.165, 1.54) is 11.8 Å². The van der Waals surface area contributed by atoms with Crippen molar-refractivity contribution in [2.45, 2.75) is 65.1 Å². The molecule has 0 aliphatic heterocycles. The summed E-state index contributed by atoms with van der Waals surface area (Å²) in [5, 5.41) is 1.77. The first-order valence-corrected chi connectivity index (χ1v) is 10.8. The fraction of sp³-hybridized carbons (Fsp3) is 0.800. The molecule has 0 heterocycles. The first-order valence-electron chi connectivity index (χ1n) is 7.33. The molecule has 0 aromatic heterocycles. The Morgan fingerprint density at radius 3 is 1.85 bits per heavy atom. The standard InChI is InChI=1S/C15H30O3SSi/c1-9-17-15(16)14(10-19-8)18-20(11(2)3,12(4)5)13(6)7/h10-13H,9H2,1-8H3/b14-10-. The van der Waals surface area contributed by atoms with E-state index in [9.17, 15) is 4.79 Å². The van der Waals surface area contributed by atoms with Gasteiger partial charge in [0, 0.05) is 5.41 Å². The minimum atomic E-state index is -2.10. The van der Waals surface area contributed by atoms with Gasteiger partial charge in [-0.25, -0.2) is 4.79 Å². The Bertz CT molecular complexity index is 316. The van der Waals surface area contributed by atoms with Crippen LogP contribution in [-0.2, 0) is 14.0 Å². The molecule has 3 nitrogen and oxygen atoms in total. The predicted octanol–water partition coefficient (Wildman–Crippen LogP) is 4.95. The van der Waals surface area contributed by atoms with E-state index in [0.717, 1.165) is 0 Å². The highest BCUT2D eigenvalue weighted by Crippen LogP contribution is 2.43. The fourth-order valence-electron chi connectivity index (χ4n) is 2.97. The molecule has 0 aromatic carbocycles. The van der Waals surface area contributed by atoms with Gasteiger partial charge in [0.25, 0.3) is 8.32 Å². The van der Waals surface area contributed by atoms with Gasteiger partial charge in [-0.1, -0.05) is 41.5 Å². The molecule has 0 saturated heterocycles. The van der Waals surface area contributed by atoms with Crippen LogP contribution >= 0.6 is 11.8 Å². The van der Waals surface area contributed by atoms with Crippen molar-refractivity contribution in [3.63, 3.8) is 0 Å². The van der Waals surface area contributed by atoms with Crippen molar-refractivity contribution < 1.29 is 14.0 Å². The van der Waals surface area contributed by atoms with Crippen molar-refractivity contribution in [1.29, 1.82) is 0 Å². The average Bonchev–Trinajstić information content (AvgIpc) is 2.33. The Hall–Kier alpha value is -0.423. The van der Waals surface area contributed by atoms with E-state index in [1.54, 1.807) is 5.41 Å². The van der Waals surface area contributed by atoms with E-state index in [0.29, 0.717) is 29.0 Å². The van der Waals surface area contributed by atoms with Crippen molar-refractivity contribution in [2.75, 3.05) is 12.9 Å². The van der Waals surface area contributed by atoms with Crippen LogP contribution in [0.3, 0.4) is 0 Å². The van der Waals surface area contributed by atoms with Crippen molar-refractivity contribution in [3.05, 3.63) is 11.2 Å². The average molecular weight is 319 g/mol. The van der Waals surface area contributed by atoms with Gasteiger partial charge >= 0.3 is 5.97 Å². The molecule has 0 aliphatic rings. The lowest BCUT2D eigenvalue weighted by Crippen LogP contribution is -2.48. The molecule has 0 aliphatic carbocycles. The smallest absolute Gasteiger partial charge is 0.372 e. The molecule has 0 N–H and O–H groups in total. The largest absolute Gasteiger partial charge is 0.537 e. The highest BCUT2D eigenvalue weighted by atomic mass is 32.2. The summed E-state index contributed by atoms with van der Waals surface area (Å²) in [6.07, 6.45) is 1.92. The van der Waals surface area contributed by atoms with Crippen molar-refractivity contribution in [1.82, 2.24) is 0 Å². The van der Waals surface area contributed by atoms with Crippen LogP contribution in [0.25, 0.3) is 0 Å². The van der Waals surface area contributed by atoms with Gasteiger partial charge in [-0.05, 0) is 29.8 Å². The molecular weight excluding hydrogens is 288 g/mol. The summed E-state index contributed by atoms with van der Waals surface area (Å²) in [5.74, 6) is 0.0304. The van der Waals surface area contributed by atoms with Gasteiger partial charge in [0.15, 0.2) is 5.76 Å². The van der Waals surface area contributed by atoms with Crippen molar-refractivity contribution >= 4 is 26.0 Å². The number of hydrogen-bond acceptors (Lipinski definition) is 4. The third-order valence-electron chi connectivity index (χ3n) is 3.70. The Morgan fingerprint density at radius 2 is 1.55 bits per heavy atom. The molecule has 0 bridgehead atoms. The van der Waals surface area contributed by atoms with E-state index in [2.05, 4.69) is 41.5 Å². The number of hydrogen-bond donors (Lipinski definition) is 0. The maximum atomic E-state index is 12.1. The van der Waals surface area contributed by atoms with Crippen molar-refractivity contribution in [3.8, 4) is 0 Å². The maximum absolute atomic E-state index is 12.1. The van der Waals surface area contributed by atoms with Crippen LogP contribution in [0, 0.1) is 0 Å². The molecule has 0 fully saturated rings. The molecule has 118 valence electrons. The van der Waals surface area contributed by atoms with Crippen LogP contribution in [0.1, 0.15) is 48.5 Å². The molecule has 20 heavy (non-hydrogen) atoms. The van der Waals surface area contributed by atoms with E-state index >= 15 is 0 Å². The number of ether oxygens (including phenoxy) is 1. The second kappa shape index (κ2) is 8.77. The lowest BCUT2D eigenvalue weighted by molar-refractivity contribution is -0.141. The molecule has 0 saturated carbocycles. The second-order valence-corrected chi connectivity index (χ2v) is 11.9. The molecule has 0 aromatic rings. The van der Waals surface area contributed by atoms with Gasteiger partial charge in [0.2, 0.25) is 0 Å². The quantitative estimate of drug-likeness (QED) is 0.275. The summed E-state index contributed by atoms with van der Waals surface area (Å²) < 4.78 is 11.5. The number of rotatable bonds is 8. The van der Waals surface area contributed by atoms with Crippen molar-refractivity contribution in [2.24, 2.45) is 0 Å². The Morgan fingerprint density at radius 1 is 1.10 bits per heavy atom. The molecule has 0 unspecified atom stereocenters. The van der Waals surface area contributed by atoms with E-state index in [4.69, 9.17) is 9.16 Å². The number of carbonyl (C=O) groups is 1. The summed E-state index contributed by atoms with van der Waals surface area (Å²) in [7, 11) is -2.10. The summed E-state index contributed by atoms with van der Waals surface area (Å²) in [6, 6.07) is 0. The van der Waals surface area contributed by atoms with E-state index < -0.39 is 8.32 Å². The van der Waals surface area contributed by atoms with Crippen LogP contribution in [0.5, 0.6) is 0 Å². The Labute approximate surface area is 129 Å². The first-order chi connectivity index (χ1) is 9.23. The third kappa shape index (κ3) is 4.55. The number of thioether (sulfide) groups is 1. The van der Waals surface area contributed by atoms with Crippen LogP contribution < -0.4 is 0 Å². The SMILES string of the molecule is CCOC(=O)/C(=C/SC)O[Si](C(C)C)(C(C)C)C(C)C. The minimum absolute atomic E-state index is 0.347.